The Morgan fingerprint density at radius 1 is 1.22 bits per heavy atom. The maximum absolute atomic E-state index is 12.4. The third-order valence-corrected chi connectivity index (χ3v) is 3.03. The van der Waals surface area contributed by atoms with E-state index in [0.717, 1.165) is 17.8 Å². The van der Waals surface area contributed by atoms with E-state index < -0.39 is 11.7 Å². The first-order chi connectivity index (χ1) is 8.38. The molecule has 0 saturated carbocycles. The first kappa shape index (κ1) is 13.4. The van der Waals surface area contributed by atoms with Crippen molar-refractivity contribution in [1.82, 2.24) is 4.98 Å². The molecule has 0 N–H and O–H groups in total. The number of hydrogen-bond donors (Lipinski definition) is 0. The highest BCUT2D eigenvalue weighted by Gasteiger charge is 2.30. The number of nitrogens with zero attached hydrogens (tertiary/aromatic N) is 1. The van der Waals surface area contributed by atoms with Gasteiger partial charge in [-0.25, -0.2) is 4.98 Å². The van der Waals surface area contributed by atoms with Crippen molar-refractivity contribution in [3.8, 4) is 11.5 Å². The molecule has 0 fully saturated rings. The molecule has 0 spiro atoms. The molecule has 2 nitrogen and oxygen atoms in total. The molecule has 1 heterocycles. The Labute approximate surface area is 115 Å². The summed E-state index contributed by atoms with van der Waals surface area (Å²) in [6.45, 7) is 1.95. The number of alkyl halides is 4. The maximum Gasteiger partial charge on any atom is 0.416 e. The highest BCUT2D eigenvalue weighted by molar-refractivity contribution is 14.1. The number of halogens is 4. The molecule has 0 aliphatic carbocycles. The Morgan fingerprint density at radius 2 is 1.83 bits per heavy atom. The van der Waals surface area contributed by atoms with Crippen LogP contribution in [0.4, 0.5) is 13.2 Å². The largest absolute Gasteiger partial charge is 0.444 e. The minimum atomic E-state index is -4.32. The summed E-state index contributed by atoms with van der Waals surface area (Å²) < 4.78 is 42.6. The summed E-state index contributed by atoms with van der Waals surface area (Å²) in [6.07, 6.45) is -2.80. The van der Waals surface area contributed by atoms with E-state index >= 15 is 0 Å². The average molecular weight is 367 g/mol. The van der Waals surface area contributed by atoms with Gasteiger partial charge in [0.1, 0.15) is 6.26 Å². The molecule has 1 aromatic heterocycles. The van der Waals surface area contributed by atoms with Crippen molar-refractivity contribution in [1.29, 1.82) is 0 Å². The van der Waals surface area contributed by atoms with E-state index in [9.17, 15) is 13.2 Å². The summed E-state index contributed by atoms with van der Waals surface area (Å²) in [5.41, 5.74) is 0.622. The second kappa shape index (κ2) is 4.91. The van der Waals surface area contributed by atoms with Gasteiger partial charge in [-0.05, 0) is 31.2 Å². The lowest BCUT2D eigenvalue weighted by Crippen LogP contribution is -2.03. The molecular formula is C12H9F3INO. The number of rotatable bonds is 2. The van der Waals surface area contributed by atoms with Gasteiger partial charge in [0.2, 0.25) is 5.89 Å². The number of oxazole rings is 1. The van der Waals surface area contributed by atoms with Crippen molar-refractivity contribution in [2.45, 2.75) is 17.0 Å². The second-order valence-electron chi connectivity index (χ2n) is 3.77. The van der Waals surface area contributed by atoms with Crippen molar-refractivity contribution in [3.05, 3.63) is 41.8 Å². The third kappa shape index (κ3) is 2.85. The summed E-state index contributed by atoms with van der Waals surface area (Å²) in [5, 5.41) is 0. The topological polar surface area (TPSA) is 26.0 Å². The molecule has 1 unspecified atom stereocenters. The minimum absolute atomic E-state index is 0.189. The molecule has 0 saturated heterocycles. The molecule has 1 aromatic carbocycles. The predicted molar refractivity (Wildman–Crippen MR) is 69.4 cm³/mol. The average Bonchev–Trinajstić information content (AvgIpc) is 2.77. The van der Waals surface area contributed by atoms with Crippen molar-refractivity contribution in [2.24, 2.45) is 0 Å². The summed E-state index contributed by atoms with van der Waals surface area (Å²) in [5.74, 6) is 0.335. The third-order valence-electron chi connectivity index (χ3n) is 2.39. The van der Waals surface area contributed by atoms with Crippen LogP contribution in [-0.4, -0.2) is 4.98 Å². The van der Waals surface area contributed by atoms with Crippen LogP contribution in [0.25, 0.3) is 11.5 Å². The van der Waals surface area contributed by atoms with E-state index in [1.54, 1.807) is 0 Å². The van der Waals surface area contributed by atoms with E-state index in [0.29, 0.717) is 11.5 Å². The Morgan fingerprint density at radius 3 is 2.28 bits per heavy atom. The zero-order valence-corrected chi connectivity index (χ0v) is 11.5. The highest BCUT2D eigenvalue weighted by Crippen LogP contribution is 2.31. The fourth-order valence-electron chi connectivity index (χ4n) is 1.40. The van der Waals surface area contributed by atoms with Crippen LogP contribution in [0.5, 0.6) is 0 Å². The smallest absolute Gasteiger partial charge is 0.416 e. The van der Waals surface area contributed by atoms with E-state index in [-0.39, 0.29) is 3.92 Å². The number of aromatic nitrogens is 1. The van der Waals surface area contributed by atoms with Gasteiger partial charge < -0.3 is 4.42 Å². The van der Waals surface area contributed by atoms with Gasteiger partial charge in [0.05, 0.1) is 15.2 Å². The van der Waals surface area contributed by atoms with Gasteiger partial charge in [0.15, 0.2) is 0 Å². The minimum Gasteiger partial charge on any atom is -0.444 e. The van der Waals surface area contributed by atoms with Gasteiger partial charge >= 0.3 is 6.18 Å². The van der Waals surface area contributed by atoms with E-state index in [1.807, 2.05) is 6.92 Å². The second-order valence-corrected chi connectivity index (χ2v) is 5.64. The standard InChI is InChI=1S/C12H9F3INO/c1-7(16)10-6-18-11(17-10)8-2-4-9(5-3-8)12(13,14)15/h2-7H,1H3. The van der Waals surface area contributed by atoms with Gasteiger partial charge in [0, 0.05) is 5.56 Å². The lowest BCUT2D eigenvalue weighted by molar-refractivity contribution is -0.137. The quantitative estimate of drug-likeness (QED) is 0.560. The molecule has 0 aliphatic heterocycles. The zero-order valence-electron chi connectivity index (χ0n) is 9.33. The molecule has 0 bridgehead atoms. The summed E-state index contributed by atoms with van der Waals surface area (Å²) in [4.78, 5) is 4.22. The summed E-state index contributed by atoms with van der Waals surface area (Å²) in [6, 6.07) is 4.76. The monoisotopic (exact) mass is 367 g/mol. The van der Waals surface area contributed by atoms with Gasteiger partial charge in [-0.3, -0.25) is 0 Å². The number of hydrogen-bond acceptors (Lipinski definition) is 2. The van der Waals surface area contributed by atoms with Crippen molar-refractivity contribution in [2.75, 3.05) is 0 Å². The first-order valence-electron chi connectivity index (χ1n) is 5.15. The molecule has 2 aromatic rings. The van der Waals surface area contributed by atoms with Crippen LogP contribution < -0.4 is 0 Å². The normalized spacial score (nSPS) is 13.6. The van der Waals surface area contributed by atoms with Gasteiger partial charge in [0.25, 0.3) is 0 Å². The predicted octanol–water partition coefficient (Wildman–Crippen LogP) is 4.86. The molecule has 1 atom stereocenters. The molecule has 18 heavy (non-hydrogen) atoms. The maximum atomic E-state index is 12.4. The van der Waals surface area contributed by atoms with E-state index in [1.165, 1.54) is 18.4 Å². The lowest BCUT2D eigenvalue weighted by Gasteiger charge is -2.06. The molecule has 0 radical (unpaired) electrons. The van der Waals surface area contributed by atoms with Crippen LogP contribution in [0.3, 0.4) is 0 Å². The Balaban J connectivity index is 2.29. The van der Waals surface area contributed by atoms with Crippen LogP contribution in [0.2, 0.25) is 0 Å². The first-order valence-corrected chi connectivity index (χ1v) is 6.39. The number of benzene rings is 1. The van der Waals surface area contributed by atoms with Crippen molar-refractivity contribution < 1.29 is 17.6 Å². The fourth-order valence-corrected chi connectivity index (χ4v) is 1.69. The van der Waals surface area contributed by atoms with E-state index in [2.05, 4.69) is 27.6 Å². The Bertz CT molecular complexity index is 531. The highest BCUT2D eigenvalue weighted by atomic mass is 127. The molecular weight excluding hydrogens is 358 g/mol. The van der Waals surface area contributed by atoms with Crippen LogP contribution >= 0.6 is 22.6 Å². The van der Waals surface area contributed by atoms with Crippen LogP contribution in [-0.2, 0) is 6.18 Å². The molecule has 96 valence electrons. The van der Waals surface area contributed by atoms with E-state index in [4.69, 9.17) is 4.42 Å². The SMILES string of the molecule is CC(I)c1coc(-c2ccc(C(F)(F)F)cc2)n1. The summed E-state index contributed by atoms with van der Waals surface area (Å²) >= 11 is 2.19. The van der Waals surface area contributed by atoms with Crippen molar-refractivity contribution in [3.63, 3.8) is 0 Å². The molecule has 6 heteroatoms. The molecule has 2 rings (SSSR count). The molecule has 0 aliphatic rings. The molecule has 0 amide bonds. The Kier molecular flexibility index (Phi) is 3.65. The van der Waals surface area contributed by atoms with Crippen LogP contribution in [0.1, 0.15) is 22.1 Å². The lowest BCUT2D eigenvalue weighted by atomic mass is 10.1. The van der Waals surface area contributed by atoms with Crippen LogP contribution in [0.15, 0.2) is 34.9 Å². The summed E-state index contributed by atoms with van der Waals surface area (Å²) in [7, 11) is 0. The van der Waals surface area contributed by atoms with Crippen LogP contribution in [0, 0.1) is 0 Å². The Hall–Kier alpha value is -1.05. The van der Waals surface area contributed by atoms with Gasteiger partial charge in [-0.2, -0.15) is 13.2 Å². The zero-order chi connectivity index (χ0) is 13.3. The van der Waals surface area contributed by atoms with Crippen molar-refractivity contribution >= 4 is 22.6 Å². The fraction of sp³-hybridized carbons (Fsp3) is 0.250. The van der Waals surface area contributed by atoms with Gasteiger partial charge in [-0.15, -0.1) is 0 Å². The van der Waals surface area contributed by atoms with Gasteiger partial charge in [-0.1, -0.05) is 22.6 Å².